The molecule has 0 radical (unpaired) electrons. The minimum atomic E-state index is 0.203. The Morgan fingerprint density at radius 1 is 1.17 bits per heavy atom. The monoisotopic (exact) mass is 340 g/mol. The third-order valence-electron chi connectivity index (χ3n) is 5.23. The Morgan fingerprint density at radius 3 is 2.39 bits per heavy atom. The summed E-state index contributed by atoms with van der Waals surface area (Å²) in [7, 11) is 0. The third kappa shape index (κ3) is 6.18. The maximum atomic E-state index is 4.81. The van der Waals surface area contributed by atoms with Crippen molar-refractivity contribution in [1.29, 1.82) is 0 Å². The maximum absolute atomic E-state index is 4.81. The Kier molecular flexibility index (Phi) is 7.54. The first-order chi connectivity index (χ1) is 11.0. The quantitative estimate of drug-likeness (QED) is 0.576. The van der Waals surface area contributed by atoms with Crippen LogP contribution in [0.3, 0.4) is 0 Å². The summed E-state index contributed by atoms with van der Waals surface area (Å²) in [4.78, 5) is 7.53. The number of thioether (sulfide) groups is 1. The summed E-state index contributed by atoms with van der Waals surface area (Å²) in [5.41, 5.74) is 0. The molecule has 4 nitrogen and oxygen atoms in total. The second-order valence-corrected chi connectivity index (χ2v) is 9.07. The van der Waals surface area contributed by atoms with Gasteiger partial charge in [-0.05, 0) is 52.7 Å². The minimum Gasteiger partial charge on any atom is -0.357 e. The predicted molar refractivity (Wildman–Crippen MR) is 104 cm³/mol. The first kappa shape index (κ1) is 18.9. The van der Waals surface area contributed by atoms with Gasteiger partial charge < -0.3 is 15.5 Å². The molecule has 1 saturated heterocycles. The average Bonchev–Trinajstić information content (AvgIpc) is 3.08. The van der Waals surface area contributed by atoms with Crippen LogP contribution in [0, 0.1) is 0 Å². The predicted octanol–water partition coefficient (Wildman–Crippen LogP) is 3.09. The van der Waals surface area contributed by atoms with Gasteiger partial charge in [0.25, 0.3) is 0 Å². The molecule has 0 atom stereocenters. The molecule has 0 bridgehead atoms. The van der Waals surface area contributed by atoms with Gasteiger partial charge in [0.2, 0.25) is 0 Å². The summed E-state index contributed by atoms with van der Waals surface area (Å²) < 4.78 is 0.203. The van der Waals surface area contributed by atoms with E-state index >= 15 is 0 Å². The molecule has 2 rings (SSSR count). The zero-order chi connectivity index (χ0) is 16.7. The molecular weight excluding hydrogens is 304 g/mol. The van der Waals surface area contributed by atoms with Crippen molar-refractivity contribution in [2.75, 3.05) is 32.4 Å². The highest BCUT2D eigenvalue weighted by Gasteiger charge is 2.27. The van der Waals surface area contributed by atoms with Gasteiger partial charge in [-0.2, -0.15) is 11.8 Å². The molecule has 1 saturated carbocycles. The van der Waals surface area contributed by atoms with Crippen molar-refractivity contribution >= 4 is 17.7 Å². The standard InChI is InChI=1S/C18H36N4S/c1-5-19-17(20-14-18(2,3)23-4)21-15-10-12-22(13-11-15)16-8-6-7-9-16/h15-16H,5-14H2,1-4H3,(H2,19,20,21). The van der Waals surface area contributed by atoms with Crippen molar-refractivity contribution in [1.82, 2.24) is 15.5 Å². The van der Waals surface area contributed by atoms with Gasteiger partial charge in [0.15, 0.2) is 5.96 Å². The van der Waals surface area contributed by atoms with Gasteiger partial charge in [-0.15, -0.1) is 0 Å². The molecule has 0 amide bonds. The summed E-state index contributed by atoms with van der Waals surface area (Å²) in [6, 6.07) is 1.45. The highest BCUT2D eigenvalue weighted by atomic mass is 32.2. The summed E-state index contributed by atoms with van der Waals surface area (Å²) in [5.74, 6) is 0.994. The summed E-state index contributed by atoms with van der Waals surface area (Å²) in [5, 5.41) is 7.08. The van der Waals surface area contributed by atoms with Gasteiger partial charge in [0.05, 0.1) is 6.54 Å². The van der Waals surface area contributed by atoms with Crippen LogP contribution in [0.15, 0.2) is 4.99 Å². The highest BCUT2D eigenvalue weighted by molar-refractivity contribution is 7.99. The molecule has 0 aromatic rings. The number of hydrogen-bond donors (Lipinski definition) is 2. The van der Waals surface area contributed by atoms with Crippen LogP contribution in [-0.2, 0) is 0 Å². The van der Waals surface area contributed by atoms with E-state index in [4.69, 9.17) is 4.99 Å². The number of rotatable bonds is 6. The molecule has 0 unspecified atom stereocenters. The Labute approximate surface area is 147 Å². The number of nitrogens with one attached hydrogen (secondary N) is 2. The molecule has 0 aromatic heterocycles. The molecule has 5 heteroatoms. The topological polar surface area (TPSA) is 39.7 Å². The number of likely N-dealkylation sites (tertiary alicyclic amines) is 1. The molecule has 23 heavy (non-hydrogen) atoms. The summed E-state index contributed by atoms with van der Waals surface area (Å²) in [6.45, 7) is 10.9. The lowest BCUT2D eigenvalue weighted by molar-refractivity contribution is 0.150. The second-order valence-electron chi connectivity index (χ2n) is 7.55. The first-order valence-electron chi connectivity index (χ1n) is 9.38. The smallest absolute Gasteiger partial charge is 0.191 e. The molecule has 2 fully saturated rings. The van der Waals surface area contributed by atoms with Gasteiger partial charge in [-0.25, -0.2) is 0 Å². The molecule has 0 aromatic carbocycles. The van der Waals surface area contributed by atoms with E-state index < -0.39 is 0 Å². The fourth-order valence-corrected chi connectivity index (χ4v) is 3.72. The van der Waals surface area contributed by atoms with Crippen LogP contribution in [0.5, 0.6) is 0 Å². The number of piperidine rings is 1. The van der Waals surface area contributed by atoms with E-state index in [0.29, 0.717) is 6.04 Å². The number of guanidine groups is 1. The number of hydrogen-bond acceptors (Lipinski definition) is 3. The van der Waals surface area contributed by atoms with Gasteiger partial charge in [-0.1, -0.05) is 12.8 Å². The lowest BCUT2D eigenvalue weighted by atomic mass is 10.0. The Bertz CT molecular complexity index is 369. The van der Waals surface area contributed by atoms with Crippen molar-refractivity contribution in [3.63, 3.8) is 0 Å². The zero-order valence-corrected chi connectivity index (χ0v) is 16.3. The number of nitrogens with zero attached hydrogens (tertiary/aromatic N) is 2. The largest absolute Gasteiger partial charge is 0.357 e. The van der Waals surface area contributed by atoms with Crippen molar-refractivity contribution in [3.8, 4) is 0 Å². The first-order valence-corrected chi connectivity index (χ1v) is 10.6. The molecule has 2 N–H and O–H groups in total. The molecule has 134 valence electrons. The Hall–Kier alpha value is -0.420. The summed E-state index contributed by atoms with van der Waals surface area (Å²) >= 11 is 1.88. The van der Waals surface area contributed by atoms with E-state index in [1.165, 1.54) is 51.6 Å². The Balaban J connectivity index is 1.80. The van der Waals surface area contributed by atoms with Crippen LogP contribution in [0.1, 0.15) is 59.3 Å². The molecule has 1 heterocycles. The van der Waals surface area contributed by atoms with E-state index in [1.54, 1.807) is 0 Å². The van der Waals surface area contributed by atoms with E-state index in [9.17, 15) is 0 Å². The summed E-state index contributed by atoms with van der Waals surface area (Å²) in [6.07, 6.45) is 10.4. The fourth-order valence-electron chi connectivity index (χ4n) is 3.53. The van der Waals surface area contributed by atoms with E-state index in [0.717, 1.165) is 25.1 Å². The normalized spacial score (nSPS) is 22.5. The van der Waals surface area contributed by atoms with Crippen molar-refractivity contribution in [3.05, 3.63) is 0 Å². The van der Waals surface area contributed by atoms with E-state index in [-0.39, 0.29) is 4.75 Å². The van der Waals surface area contributed by atoms with E-state index in [2.05, 4.69) is 42.6 Å². The van der Waals surface area contributed by atoms with Crippen molar-refractivity contribution in [2.24, 2.45) is 4.99 Å². The lowest BCUT2D eigenvalue weighted by Gasteiger charge is -2.36. The molecule has 0 spiro atoms. The molecule has 1 aliphatic heterocycles. The van der Waals surface area contributed by atoms with Crippen LogP contribution in [0.2, 0.25) is 0 Å². The zero-order valence-electron chi connectivity index (χ0n) is 15.5. The van der Waals surface area contributed by atoms with Gasteiger partial charge >= 0.3 is 0 Å². The van der Waals surface area contributed by atoms with Crippen LogP contribution in [0.25, 0.3) is 0 Å². The third-order valence-corrected chi connectivity index (χ3v) is 6.46. The minimum absolute atomic E-state index is 0.203. The lowest BCUT2D eigenvalue weighted by Crippen LogP contribution is -2.50. The fraction of sp³-hybridized carbons (Fsp3) is 0.944. The highest BCUT2D eigenvalue weighted by Crippen LogP contribution is 2.26. The van der Waals surface area contributed by atoms with Crippen LogP contribution in [0.4, 0.5) is 0 Å². The molecule has 2 aliphatic rings. The van der Waals surface area contributed by atoms with Crippen molar-refractivity contribution < 1.29 is 0 Å². The maximum Gasteiger partial charge on any atom is 0.191 e. The van der Waals surface area contributed by atoms with Gasteiger partial charge in [-0.3, -0.25) is 4.99 Å². The Morgan fingerprint density at radius 2 is 1.83 bits per heavy atom. The molecule has 1 aliphatic carbocycles. The average molecular weight is 341 g/mol. The molecular formula is C18H36N4S. The van der Waals surface area contributed by atoms with Gasteiger partial charge in [0.1, 0.15) is 0 Å². The van der Waals surface area contributed by atoms with Crippen LogP contribution < -0.4 is 10.6 Å². The number of aliphatic imine (C=N–C) groups is 1. The van der Waals surface area contributed by atoms with E-state index in [1.807, 2.05) is 11.8 Å². The van der Waals surface area contributed by atoms with Crippen LogP contribution in [-0.4, -0.2) is 60.1 Å². The van der Waals surface area contributed by atoms with Crippen molar-refractivity contribution in [2.45, 2.75) is 76.1 Å². The van der Waals surface area contributed by atoms with Crippen LogP contribution >= 0.6 is 11.8 Å². The second kappa shape index (κ2) is 9.16. The SMILES string of the molecule is CCNC(=NCC(C)(C)SC)NC1CCN(C2CCCC2)CC1. The van der Waals surface area contributed by atoms with Gasteiger partial charge in [0, 0.05) is 36.5 Å².